The Bertz CT molecular complexity index is 1100. The van der Waals surface area contributed by atoms with Gasteiger partial charge in [0, 0.05) is 17.3 Å². The van der Waals surface area contributed by atoms with Crippen LogP contribution in [0.4, 0.5) is 5.69 Å². The van der Waals surface area contributed by atoms with E-state index in [4.69, 9.17) is 16.3 Å². The van der Waals surface area contributed by atoms with Crippen molar-refractivity contribution >= 4 is 35.0 Å². The molecule has 0 spiro atoms. The molecule has 0 saturated heterocycles. The Labute approximate surface area is 198 Å². The molecule has 0 saturated carbocycles. The van der Waals surface area contributed by atoms with Crippen LogP contribution in [0.25, 0.3) is 0 Å². The van der Waals surface area contributed by atoms with Crippen molar-refractivity contribution in [3.05, 3.63) is 76.1 Å². The van der Waals surface area contributed by atoms with Gasteiger partial charge in [-0.1, -0.05) is 35.5 Å². The van der Waals surface area contributed by atoms with Gasteiger partial charge in [-0.15, -0.1) is 16.8 Å². The van der Waals surface area contributed by atoms with Crippen molar-refractivity contribution in [2.45, 2.75) is 46.0 Å². The van der Waals surface area contributed by atoms with Crippen LogP contribution in [0.3, 0.4) is 0 Å². The van der Waals surface area contributed by atoms with Gasteiger partial charge >= 0.3 is 0 Å². The van der Waals surface area contributed by atoms with Crippen LogP contribution in [0.15, 0.2) is 48.1 Å². The van der Waals surface area contributed by atoms with E-state index in [2.05, 4.69) is 28.2 Å². The normalized spacial score (nSPS) is 10.8. The van der Waals surface area contributed by atoms with Gasteiger partial charge in [0.2, 0.25) is 5.91 Å². The predicted molar refractivity (Wildman–Crippen MR) is 131 cm³/mol. The summed E-state index contributed by atoms with van der Waals surface area (Å²) in [5, 5.41) is 12.8. The van der Waals surface area contributed by atoms with Gasteiger partial charge in [0.1, 0.15) is 12.4 Å². The highest BCUT2D eigenvalue weighted by atomic mass is 35.5. The number of aryl methyl sites for hydroxylation is 4. The number of amides is 1. The van der Waals surface area contributed by atoms with Crippen LogP contribution < -0.4 is 10.1 Å². The summed E-state index contributed by atoms with van der Waals surface area (Å²) in [4.78, 5) is 12.4. The van der Waals surface area contributed by atoms with Crippen LogP contribution >= 0.6 is 23.4 Å². The average molecular weight is 471 g/mol. The quantitative estimate of drug-likeness (QED) is 0.322. The molecule has 0 bridgehead atoms. The number of nitrogens with zero attached hydrogens (tertiary/aromatic N) is 3. The largest absolute Gasteiger partial charge is 0.486 e. The third kappa shape index (κ3) is 6.14. The first-order valence-corrected chi connectivity index (χ1v) is 11.6. The Morgan fingerprint density at radius 1 is 1.12 bits per heavy atom. The lowest BCUT2D eigenvalue weighted by atomic mass is 10.1. The molecular formula is C24H27ClN4O2S. The maximum Gasteiger partial charge on any atom is 0.234 e. The van der Waals surface area contributed by atoms with E-state index in [0.717, 1.165) is 38.7 Å². The highest BCUT2D eigenvalue weighted by Crippen LogP contribution is 2.27. The summed E-state index contributed by atoms with van der Waals surface area (Å²) in [6.07, 6.45) is 1.77. The number of anilines is 1. The summed E-state index contributed by atoms with van der Waals surface area (Å²) in [7, 11) is 0. The Morgan fingerprint density at radius 2 is 1.78 bits per heavy atom. The standard InChI is InChI=1S/C24H27ClN4O2S/c1-6-7-29-21(13-31-20-11-17(4)23(25)18(5)12-20)27-28-24(29)32-14-22(30)26-19-9-15(2)8-16(3)10-19/h6,8-12H,1,7,13-14H2,2-5H3,(H,26,30). The van der Waals surface area contributed by atoms with Gasteiger partial charge in [-0.05, 0) is 74.2 Å². The van der Waals surface area contributed by atoms with E-state index in [9.17, 15) is 4.79 Å². The van der Waals surface area contributed by atoms with Gasteiger partial charge in [-0.3, -0.25) is 9.36 Å². The highest BCUT2D eigenvalue weighted by Gasteiger charge is 2.15. The van der Waals surface area contributed by atoms with E-state index in [-0.39, 0.29) is 18.3 Å². The van der Waals surface area contributed by atoms with Crippen LogP contribution in [0.1, 0.15) is 28.1 Å². The van der Waals surface area contributed by atoms with Gasteiger partial charge in [-0.25, -0.2) is 0 Å². The molecule has 3 aromatic rings. The second-order valence-corrected chi connectivity index (χ2v) is 8.99. The van der Waals surface area contributed by atoms with E-state index >= 15 is 0 Å². The fourth-order valence-electron chi connectivity index (χ4n) is 3.36. The molecular weight excluding hydrogens is 444 g/mol. The van der Waals surface area contributed by atoms with Gasteiger partial charge in [-0.2, -0.15) is 0 Å². The monoisotopic (exact) mass is 470 g/mol. The SMILES string of the molecule is C=CCn1c(COc2cc(C)c(Cl)c(C)c2)nnc1SCC(=O)Nc1cc(C)cc(C)c1. The number of hydrogen-bond acceptors (Lipinski definition) is 5. The number of allylic oxidation sites excluding steroid dienone is 1. The fourth-order valence-corrected chi connectivity index (χ4v) is 4.23. The van der Waals surface area contributed by atoms with Crippen molar-refractivity contribution in [1.82, 2.24) is 14.8 Å². The van der Waals surface area contributed by atoms with Crippen LogP contribution in [-0.2, 0) is 17.9 Å². The smallest absolute Gasteiger partial charge is 0.234 e. The third-order valence-corrected chi connectivity index (χ3v) is 6.28. The highest BCUT2D eigenvalue weighted by molar-refractivity contribution is 7.99. The first kappa shape index (κ1) is 23.9. The summed E-state index contributed by atoms with van der Waals surface area (Å²) < 4.78 is 7.83. The minimum Gasteiger partial charge on any atom is -0.486 e. The molecule has 0 radical (unpaired) electrons. The number of halogens is 1. The van der Waals surface area contributed by atoms with Crippen LogP contribution in [0.5, 0.6) is 5.75 Å². The van der Waals surface area contributed by atoms with Gasteiger partial charge < -0.3 is 10.1 Å². The van der Waals surface area contributed by atoms with Gasteiger partial charge in [0.15, 0.2) is 11.0 Å². The third-order valence-electron chi connectivity index (χ3n) is 4.72. The molecule has 1 N–H and O–H groups in total. The molecule has 1 aromatic heterocycles. The lowest BCUT2D eigenvalue weighted by molar-refractivity contribution is -0.113. The van der Waals surface area contributed by atoms with Crippen molar-refractivity contribution < 1.29 is 9.53 Å². The molecule has 0 aliphatic carbocycles. The molecule has 168 valence electrons. The summed E-state index contributed by atoms with van der Waals surface area (Å²) in [5.74, 6) is 1.50. The van der Waals surface area contributed by atoms with E-state index in [1.165, 1.54) is 11.8 Å². The van der Waals surface area contributed by atoms with Crippen LogP contribution in [-0.4, -0.2) is 26.4 Å². The zero-order chi connectivity index (χ0) is 23.3. The first-order valence-electron chi connectivity index (χ1n) is 10.2. The maximum atomic E-state index is 12.4. The molecule has 0 aliphatic heterocycles. The predicted octanol–water partition coefficient (Wildman–Crippen LogP) is 5.66. The van der Waals surface area contributed by atoms with Crippen molar-refractivity contribution in [2.24, 2.45) is 0 Å². The van der Waals surface area contributed by atoms with E-state index in [1.54, 1.807) is 6.08 Å². The Hall–Kier alpha value is -2.77. The molecule has 8 heteroatoms. The molecule has 2 aromatic carbocycles. The van der Waals surface area contributed by atoms with Gasteiger partial charge in [0.25, 0.3) is 0 Å². The minimum absolute atomic E-state index is 0.0990. The number of nitrogens with one attached hydrogen (secondary N) is 1. The molecule has 1 amide bonds. The Morgan fingerprint density at radius 3 is 2.41 bits per heavy atom. The van der Waals surface area contributed by atoms with Crippen LogP contribution in [0.2, 0.25) is 5.02 Å². The number of aromatic nitrogens is 3. The van der Waals surface area contributed by atoms with E-state index in [1.807, 2.05) is 56.5 Å². The summed E-state index contributed by atoms with van der Waals surface area (Å²) in [6, 6.07) is 9.77. The average Bonchev–Trinajstić information content (AvgIpc) is 3.10. The molecule has 6 nitrogen and oxygen atoms in total. The summed E-state index contributed by atoms with van der Waals surface area (Å²) in [6.45, 7) is 12.5. The first-order chi connectivity index (χ1) is 15.3. The Kier molecular flexibility index (Phi) is 7.99. The molecule has 0 fully saturated rings. The van der Waals surface area contributed by atoms with E-state index in [0.29, 0.717) is 17.5 Å². The van der Waals surface area contributed by atoms with Gasteiger partial charge in [0.05, 0.1) is 5.75 Å². The van der Waals surface area contributed by atoms with Crippen LogP contribution in [0, 0.1) is 27.7 Å². The van der Waals surface area contributed by atoms with Crippen molar-refractivity contribution in [3.8, 4) is 5.75 Å². The number of carbonyl (C=O) groups is 1. The maximum absolute atomic E-state index is 12.4. The lowest BCUT2D eigenvalue weighted by Crippen LogP contribution is -2.15. The zero-order valence-corrected chi connectivity index (χ0v) is 20.3. The molecule has 32 heavy (non-hydrogen) atoms. The molecule has 1 heterocycles. The Balaban J connectivity index is 1.65. The number of carbonyl (C=O) groups excluding carboxylic acids is 1. The second-order valence-electron chi connectivity index (χ2n) is 7.67. The topological polar surface area (TPSA) is 69.0 Å². The van der Waals surface area contributed by atoms with Crippen molar-refractivity contribution in [3.63, 3.8) is 0 Å². The van der Waals surface area contributed by atoms with E-state index < -0.39 is 0 Å². The zero-order valence-electron chi connectivity index (χ0n) is 18.7. The molecule has 0 atom stereocenters. The second kappa shape index (κ2) is 10.7. The van der Waals surface area contributed by atoms with Crippen molar-refractivity contribution in [1.29, 1.82) is 0 Å². The fraction of sp³-hybridized carbons (Fsp3) is 0.292. The number of ether oxygens (including phenoxy) is 1. The lowest BCUT2D eigenvalue weighted by Gasteiger charge is -2.11. The molecule has 0 aliphatic rings. The molecule has 0 unspecified atom stereocenters. The number of hydrogen-bond donors (Lipinski definition) is 1. The molecule has 3 rings (SSSR count). The summed E-state index contributed by atoms with van der Waals surface area (Å²) >= 11 is 7.56. The summed E-state index contributed by atoms with van der Waals surface area (Å²) in [5.41, 5.74) is 4.92. The van der Waals surface area contributed by atoms with Crippen molar-refractivity contribution in [2.75, 3.05) is 11.1 Å². The minimum atomic E-state index is -0.0990. The number of rotatable bonds is 9. The number of thioether (sulfide) groups is 1. The number of benzene rings is 2.